The molecular weight excluding hydrogens is 314 g/mol. The van der Waals surface area contributed by atoms with E-state index in [0.717, 1.165) is 4.31 Å². The van der Waals surface area contributed by atoms with E-state index < -0.39 is 25.6 Å². The molecule has 0 bridgehead atoms. The van der Waals surface area contributed by atoms with E-state index in [9.17, 15) is 16.8 Å². The van der Waals surface area contributed by atoms with Crippen LogP contribution in [0.4, 0.5) is 0 Å². The Morgan fingerprint density at radius 3 is 2.00 bits per heavy atom. The van der Waals surface area contributed by atoms with E-state index in [-0.39, 0.29) is 16.3 Å². The van der Waals surface area contributed by atoms with Gasteiger partial charge in [0, 0.05) is 26.2 Å². The lowest BCUT2D eigenvalue weighted by atomic mass is 10.1. The molecule has 1 aromatic carbocycles. The first-order chi connectivity index (χ1) is 9.44. The molecule has 9 heteroatoms. The monoisotopic (exact) mass is 335 g/mol. The number of hydrogen-bond donors (Lipinski definition) is 2. The quantitative estimate of drug-likeness (QED) is 0.757. The molecule has 21 heavy (non-hydrogen) atoms. The van der Waals surface area contributed by atoms with Crippen molar-refractivity contribution in [1.82, 2.24) is 9.03 Å². The maximum Gasteiger partial charge on any atom is 0.243 e. The molecule has 0 aliphatic heterocycles. The van der Waals surface area contributed by atoms with Crippen LogP contribution in [-0.2, 0) is 20.0 Å². The Morgan fingerprint density at radius 1 is 1.10 bits per heavy atom. The predicted octanol–water partition coefficient (Wildman–Crippen LogP) is -0.0475. The van der Waals surface area contributed by atoms with Crippen LogP contribution in [0.2, 0.25) is 0 Å². The van der Waals surface area contributed by atoms with Crippen molar-refractivity contribution >= 4 is 20.0 Å². The number of hydrogen-bond acceptors (Lipinski definition) is 5. The standard InChI is InChI=1S/C12H21N3O4S2/c1-12(2,9-13)14-20(16,17)10-7-5-6-8-11(10)21(18,19)15(3)4/h5-8,14H,9,13H2,1-4H3. The third-order valence-electron chi connectivity index (χ3n) is 2.82. The summed E-state index contributed by atoms with van der Waals surface area (Å²) in [6.07, 6.45) is 0. The zero-order valence-corrected chi connectivity index (χ0v) is 14.1. The van der Waals surface area contributed by atoms with Gasteiger partial charge in [-0.05, 0) is 26.0 Å². The Bertz CT molecular complexity index is 710. The summed E-state index contributed by atoms with van der Waals surface area (Å²) in [7, 11) is -5.20. The van der Waals surface area contributed by atoms with E-state index in [2.05, 4.69) is 4.72 Å². The van der Waals surface area contributed by atoms with Crippen molar-refractivity contribution in [3.8, 4) is 0 Å². The van der Waals surface area contributed by atoms with E-state index >= 15 is 0 Å². The molecule has 1 rings (SSSR count). The van der Waals surface area contributed by atoms with Crippen LogP contribution in [0.5, 0.6) is 0 Å². The van der Waals surface area contributed by atoms with Gasteiger partial charge in [-0.25, -0.2) is 25.9 Å². The van der Waals surface area contributed by atoms with Crippen LogP contribution in [0.1, 0.15) is 13.8 Å². The van der Waals surface area contributed by atoms with Crippen LogP contribution in [0.25, 0.3) is 0 Å². The van der Waals surface area contributed by atoms with Gasteiger partial charge < -0.3 is 5.73 Å². The minimum absolute atomic E-state index is 0.0782. The van der Waals surface area contributed by atoms with E-state index in [1.807, 2.05) is 0 Å². The largest absolute Gasteiger partial charge is 0.329 e. The van der Waals surface area contributed by atoms with Gasteiger partial charge in [-0.2, -0.15) is 0 Å². The maximum atomic E-state index is 12.4. The first-order valence-electron chi connectivity index (χ1n) is 6.20. The second kappa shape index (κ2) is 6.01. The number of benzene rings is 1. The molecule has 0 spiro atoms. The molecule has 0 unspecified atom stereocenters. The SMILES string of the molecule is CN(C)S(=O)(=O)c1ccccc1S(=O)(=O)NC(C)(C)CN. The molecule has 0 aliphatic rings. The van der Waals surface area contributed by atoms with Crippen molar-refractivity contribution in [2.24, 2.45) is 5.73 Å². The summed E-state index contributed by atoms with van der Waals surface area (Å²) in [6, 6.07) is 5.47. The fourth-order valence-corrected chi connectivity index (χ4v) is 4.67. The van der Waals surface area contributed by atoms with E-state index in [4.69, 9.17) is 5.73 Å². The normalized spacial score (nSPS) is 13.6. The highest BCUT2D eigenvalue weighted by Gasteiger charge is 2.31. The van der Waals surface area contributed by atoms with Crippen LogP contribution < -0.4 is 10.5 Å². The molecule has 7 nitrogen and oxygen atoms in total. The number of nitrogens with two attached hydrogens (primary N) is 1. The molecule has 3 N–H and O–H groups in total. The summed E-state index contributed by atoms with van der Waals surface area (Å²) in [5, 5.41) is 0. The Morgan fingerprint density at radius 2 is 1.57 bits per heavy atom. The molecule has 0 radical (unpaired) electrons. The van der Waals surface area contributed by atoms with E-state index in [1.165, 1.54) is 38.4 Å². The maximum absolute atomic E-state index is 12.4. The summed E-state index contributed by atoms with van der Waals surface area (Å²) in [6.45, 7) is 3.32. The molecule has 0 saturated heterocycles. The van der Waals surface area contributed by atoms with Crippen LogP contribution >= 0.6 is 0 Å². The Labute approximate surface area is 126 Å². The zero-order chi connectivity index (χ0) is 16.5. The van der Waals surface area contributed by atoms with Crippen molar-refractivity contribution in [2.45, 2.75) is 29.2 Å². The van der Waals surface area contributed by atoms with Gasteiger partial charge in [0.15, 0.2) is 0 Å². The summed E-state index contributed by atoms with van der Waals surface area (Å²) in [5.74, 6) is 0. The molecule has 1 aromatic rings. The van der Waals surface area contributed by atoms with Gasteiger partial charge in [-0.15, -0.1) is 0 Å². The molecule has 0 heterocycles. The minimum atomic E-state index is -4.01. The van der Waals surface area contributed by atoms with Crippen molar-refractivity contribution in [3.05, 3.63) is 24.3 Å². The average Bonchev–Trinajstić information content (AvgIpc) is 2.37. The zero-order valence-electron chi connectivity index (χ0n) is 12.5. The Balaban J connectivity index is 3.47. The van der Waals surface area contributed by atoms with Crippen molar-refractivity contribution in [2.75, 3.05) is 20.6 Å². The van der Waals surface area contributed by atoms with Crippen molar-refractivity contribution in [3.63, 3.8) is 0 Å². The third kappa shape index (κ3) is 4.01. The number of nitrogens with zero attached hydrogens (tertiary/aromatic N) is 1. The van der Waals surface area contributed by atoms with E-state index in [0.29, 0.717) is 0 Å². The molecule has 0 aliphatic carbocycles. The second-order valence-corrected chi connectivity index (χ2v) is 9.20. The molecule has 0 amide bonds. The van der Waals surface area contributed by atoms with Gasteiger partial charge in [-0.3, -0.25) is 0 Å². The lowest BCUT2D eigenvalue weighted by Crippen LogP contribution is -2.49. The van der Waals surface area contributed by atoms with Gasteiger partial charge in [-0.1, -0.05) is 12.1 Å². The topological polar surface area (TPSA) is 110 Å². The molecular formula is C12H21N3O4S2. The second-order valence-electron chi connectivity index (χ2n) is 5.43. The van der Waals surface area contributed by atoms with Crippen LogP contribution in [0, 0.1) is 0 Å². The van der Waals surface area contributed by atoms with Gasteiger partial charge >= 0.3 is 0 Å². The minimum Gasteiger partial charge on any atom is -0.329 e. The molecule has 0 saturated carbocycles. The predicted molar refractivity (Wildman–Crippen MR) is 80.8 cm³/mol. The molecule has 120 valence electrons. The van der Waals surface area contributed by atoms with Crippen LogP contribution in [0.15, 0.2) is 34.1 Å². The first-order valence-corrected chi connectivity index (χ1v) is 9.12. The number of rotatable bonds is 6. The smallest absolute Gasteiger partial charge is 0.243 e. The highest BCUT2D eigenvalue weighted by Crippen LogP contribution is 2.23. The third-order valence-corrected chi connectivity index (χ3v) is 6.58. The van der Waals surface area contributed by atoms with E-state index in [1.54, 1.807) is 13.8 Å². The van der Waals surface area contributed by atoms with Crippen molar-refractivity contribution in [1.29, 1.82) is 0 Å². The average molecular weight is 335 g/mol. The summed E-state index contributed by atoms with van der Waals surface area (Å²) in [5.41, 5.74) is 4.63. The van der Waals surface area contributed by atoms with Crippen LogP contribution in [0.3, 0.4) is 0 Å². The highest BCUT2D eigenvalue weighted by atomic mass is 32.2. The first kappa shape index (κ1) is 18.1. The fraction of sp³-hybridized carbons (Fsp3) is 0.500. The summed E-state index contributed by atoms with van der Waals surface area (Å²) in [4.78, 5) is -0.560. The summed E-state index contributed by atoms with van der Waals surface area (Å²) < 4.78 is 52.8. The Hall–Kier alpha value is -1.00. The lowest BCUT2D eigenvalue weighted by Gasteiger charge is -2.25. The summed E-state index contributed by atoms with van der Waals surface area (Å²) >= 11 is 0. The van der Waals surface area contributed by atoms with Gasteiger partial charge in [0.25, 0.3) is 0 Å². The van der Waals surface area contributed by atoms with Crippen molar-refractivity contribution < 1.29 is 16.8 Å². The molecule has 0 aromatic heterocycles. The van der Waals surface area contributed by atoms with Gasteiger partial charge in [0.05, 0.1) is 0 Å². The van der Waals surface area contributed by atoms with Gasteiger partial charge in [0.1, 0.15) is 9.79 Å². The Kier molecular flexibility index (Phi) is 5.17. The molecule has 0 fully saturated rings. The fourth-order valence-electron chi connectivity index (χ4n) is 1.54. The van der Waals surface area contributed by atoms with Gasteiger partial charge in [0.2, 0.25) is 20.0 Å². The highest BCUT2D eigenvalue weighted by molar-refractivity contribution is 7.92. The lowest BCUT2D eigenvalue weighted by molar-refractivity contribution is 0.461. The van der Waals surface area contributed by atoms with Crippen LogP contribution in [-0.4, -0.2) is 47.3 Å². The number of nitrogens with one attached hydrogen (secondary N) is 1. The number of sulfonamides is 2. The molecule has 0 atom stereocenters.